The number of hydrogen-bond acceptors (Lipinski definition) is 6. The Bertz CT molecular complexity index is 1180. The highest BCUT2D eigenvalue weighted by molar-refractivity contribution is 5.92. The lowest BCUT2D eigenvalue weighted by Gasteiger charge is -2.09. The van der Waals surface area contributed by atoms with Crippen molar-refractivity contribution in [2.24, 2.45) is 0 Å². The fraction of sp³-hybridized carbons (Fsp3) is 0.130. The van der Waals surface area contributed by atoms with Crippen LogP contribution in [-0.2, 0) is 29.0 Å². The number of anilines is 1. The van der Waals surface area contributed by atoms with Gasteiger partial charge in [-0.1, -0.05) is 36.4 Å². The molecule has 0 aliphatic heterocycles. The van der Waals surface area contributed by atoms with Gasteiger partial charge in [0.05, 0.1) is 22.7 Å². The lowest BCUT2D eigenvalue weighted by atomic mass is 10.1. The molecule has 0 bridgehead atoms. The molecular formula is C23H20N4O6. The third-order valence-electron chi connectivity index (χ3n) is 4.72. The van der Waals surface area contributed by atoms with Crippen LogP contribution in [0.25, 0.3) is 0 Å². The van der Waals surface area contributed by atoms with Gasteiger partial charge in [0.15, 0.2) is 0 Å². The molecule has 0 atom stereocenters. The molecule has 2 amide bonds. The van der Waals surface area contributed by atoms with Crippen molar-refractivity contribution in [2.75, 3.05) is 5.32 Å². The average molecular weight is 448 g/mol. The highest BCUT2D eigenvalue weighted by atomic mass is 16.6. The first-order chi connectivity index (χ1) is 15.8. The topological polar surface area (TPSA) is 144 Å². The van der Waals surface area contributed by atoms with E-state index in [1.54, 1.807) is 36.4 Å². The second-order valence-corrected chi connectivity index (χ2v) is 7.23. The number of nitro groups is 2. The molecular weight excluding hydrogens is 428 g/mol. The summed E-state index contributed by atoms with van der Waals surface area (Å²) in [5.41, 5.74) is 2.57. The smallest absolute Gasteiger partial charge is 0.269 e. The summed E-state index contributed by atoms with van der Waals surface area (Å²) >= 11 is 0. The van der Waals surface area contributed by atoms with Crippen LogP contribution in [0.15, 0.2) is 72.8 Å². The van der Waals surface area contributed by atoms with Gasteiger partial charge >= 0.3 is 0 Å². The quantitative estimate of drug-likeness (QED) is 0.378. The number of nitrogens with one attached hydrogen (secondary N) is 2. The van der Waals surface area contributed by atoms with Crippen molar-refractivity contribution < 1.29 is 19.4 Å². The fourth-order valence-electron chi connectivity index (χ4n) is 3.07. The second kappa shape index (κ2) is 10.6. The Balaban J connectivity index is 1.50. The molecule has 0 fully saturated rings. The zero-order valence-electron chi connectivity index (χ0n) is 17.4. The summed E-state index contributed by atoms with van der Waals surface area (Å²) in [5.74, 6) is -0.514. The lowest BCUT2D eigenvalue weighted by molar-refractivity contribution is -0.385. The van der Waals surface area contributed by atoms with Crippen molar-refractivity contribution in [1.82, 2.24) is 5.32 Å². The minimum absolute atomic E-state index is 0.0356. The van der Waals surface area contributed by atoms with E-state index < -0.39 is 9.85 Å². The Kier molecular flexibility index (Phi) is 7.43. The van der Waals surface area contributed by atoms with Crippen molar-refractivity contribution in [3.05, 3.63) is 110 Å². The summed E-state index contributed by atoms with van der Waals surface area (Å²) in [6.07, 6.45) is 0.151. The van der Waals surface area contributed by atoms with Crippen LogP contribution in [0.2, 0.25) is 0 Å². The predicted molar refractivity (Wildman–Crippen MR) is 121 cm³/mol. The molecule has 0 saturated heterocycles. The van der Waals surface area contributed by atoms with Gasteiger partial charge in [0.1, 0.15) is 0 Å². The maximum Gasteiger partial charge on any atom is 0.269 e. The van der Waals surface area contributed by atoms with Crippen LogP contribution in [0.5, 0.6) is 0 Å². The number of carbonyl (C=O) groups excluding carboxylic acids is 2. The standard InChI is InChI=1S/C23H20N4O6/c28-22(13-16-4-8-20(9-5-16)26(30)31)24-15-18-2-1-3-19(12-18)25-23(29)14-17-6-10-21(11-7-17)27(32)33/h1-12H,13-15H2,(H,24,28)(H,25,29). The Morgan fingerprint density at radius 1 is 0.697 bits per heavy atom. The zero-order valence-corrected chi connectivity index (χ0v) is 17.4. The molecule has 0 aliphatic rings. The number of benzene rings is 3. The predicted octanol–water partition coefficient (Wildman–Crippen LogP) is 3.54. The highest BCUT2D eigenvalue weighted by Crippen LogP contribution is 2.15. The molecule has 33 heavy (non-hydrogen) atoms. The van der Waals surface area contributed by atoms with E-state index in [2.05, 4.69) is 10.6 Å². The van der Waals surface area contributed by atoms with Gasteiger partial charge in [-0.2, -0.15) is 0 Å². The maximum atomic E-state index is 12.3. The van der Waals surface area contributed by atoms with Crippen LogP contribution in [0, 0.1) is 20.2 Å². The van der Waals surface area contributed by atoms with Crippen LogP contribution < -0.4 is 10.6 Å². The Labute approximate surface area is 188 Å². The van der Waals surface area contributed by atoms with E-state index in [-0.39, 0.29) is 42.6 Å². The third-order valence-corrected chi connectivity index (χ3v) is 4.72. The summed E-state index contributed by atoms with van der Waals surface area (Å²) in [6, 6.07) is 18.6. The Morgan fingerprint density at radius 3 is 1.73 bits per heavy atom. The average Bonchev–Trinajstić information content (AvgIpc) is 2.78. The normalized spacial score (nSPS) is 10.3. The van der Waals surface area contributed by atoms with Gasteiger partial charge in [0.25, 0.3) is 11.4 Å². The van der Waals surface area contributed by atoms with E-state index in [1.165, 1.54) is 36.4 Å². The zero-order chi connectivity index (χ0) is 23.8. The van der Waals surface area contributed by atoms with E-state index in [9.17, 15) is 29.8 Å². The number of nitrogens with zero attached hydrogens (tertiary/aromatic N) is 2. The number of hydrogen-bond donors (Lipinski definition) is 2. The number of rotatable bonds is 9. The maximum absolute atomic E-state index is 12.3. The molecule has 3 rings (SSSR count). The number of amides is 2. The molecule has 0 aromatic heterocycles. The number of nitro benzene ring substituents is 2. The molecule has 3 aromatic carbocycles. The molecule has 0 spiro atoms. The summed E-state index contributed by atoms with van der Waals surface area (Å²) in [5, 5.41) is 26.9. The van der Waals surface area contributed by atoms with Gasteiger partial charge in [-0.3, -0.25) is 29.8 Å². The van der Waals surface area contributed by atoms with Crippen LogP contribution in [0.1, 0.15) is 16.7 Å². The van der Waals surface area contributed by atoms with E-state index in [0.29, 0.717) is 16.8 Å². The van der Waals surface area contributed by atoms with Crippen molar-refractivity contribution >= 4 is 28.9 Å². The summed E-state index contributed by atoms with van der Waals surface area (Å²) in [4.78, 5) is 44.9. The first kappa shape index (κ1) is 23.1. The van der Waals surface area contributed by atoms with E-state index in [4.69, 9.17) is 0 Å². The molecule has 0 unspecified atom stereocenters. The van der Waals surface area contributed by atoms with Crippen LogP contribution in [0.4, 0.5) is 17.1 Å². The van der Waals surface area contributed by atoms with Crippen LogP contribution in [-0.4, -0.2) is 21.7 Å². The van der Waals surface area contributed by atoms with Crippen LogP contribution in [0.3, 0.4) is 0 Å². The molecule has 0 saturated carbocycles. The molecule has 3 aromatic rings. The van der Waals surface area contributed by atoms with Gasteiger partial charge in [-0.05, 0) is 28.8 Å². The van der Waals surface area contributed by atoms with Gasteiger partial charge in [-0.25, -0.2) is 0 Å². The molecule has 0 aliphatic carbocycles. The monoisotopic (exact) mass is 448 g/mol. The summed E-state index contributed by atoms with van der Waals surface area (Å²) in [7, 11) is 0. The van der Waals surface area contributed by atoms with Gasteiger partial charge in [0, 0.05) is 36.5 Å². The van der Waals surface area contributed by atoms with Crippen LogP contribution >= 0.6 is 0 Å². The number of non-ortho nitro benzene ring substituents is 2. The SMILES string of the molecule is O=C(Cc1ccc([N+](=O)[O-])cc1)NCc1cccc(NC(=O)Cc2ccc([N+](=O)[O-])cc2)c1. The van der Waals surface area contributed by atoms with Crippen molar-refractivity contribution in [3.8, 4) is 0 Å². The van der Waals surface area contributed by atoms with Gasteiger partial charge < -0.3 is 10.6 Å². The first-order valence-electron chi connectivity index (χ1n) is 9.92. The summed E-state index contributed by atoms with van der Waals surface area (Å²) < 4.78 is 0. The van der Waals surface area contributed by atoms with Gasteiger partial charge in [0.2, 0.25) is 11.8 Å². The first-order valence-corrected chi connectivity index (χ1v) is 9.92. The molecule has 168 valence electrons. The van der Waals surface area contributed by atoms with Crippen molar-refractivity contribution in [3.63, 3.8) is 0 Å². The second-order valence-electron chi connectivity index (χ2n) is 7.23. The Morgan fingerprint density at radius 2 is 1.21 bits per heavy atom. The largest absolute Gasteiger partial charge is 0.352 e. The molecule has 2 N–H and O–H groups in total. The van der Waals surface area contributed by atoms with Gasteiger partial charge in [-0.15, -0.1) is 0 Å². The Hall–Kier alpha value is -4.60. The number of carbonyl (C=O) groups is 2. The van der Waals surface area contributed by atoms with E-state index in [0.717, 1.165) is 5.56 Å². The minimum atomic E-state index is -0.500. The third kappa shape index (κ3) is 6.96. The summed E-state index contributed by atoms with van der Waals surface area (Å²) in [6.45, 7) is 0.248. The van der Waals surface area contributed by atoms with E-state index in [1.807, 2.05) is 0 Å². The van der Waals surface area contributed by atoms with Crippen molar-refractivity contribution in [2.45, 2.75) is 19.4 Å². The molecule has 10 heteroatoms. The molecule has 0 radical (unpaired) electrons. The highest BCUT2D eigenvalue weighted by Gasteiger charge is 2.10. The lowest BCUT2D eigenvalue weighted by Crippen LogP contribution is -2.24. The van der Waals surface area contributed by atoms with Crippen molar-refractivity contribution in [1.29, 1.82) is 0 Å². The molecule has 10 nitrogen and oxygen atoms in total. The van der Waals surface area contributed by atoms with E-state index >= 15 is 0 Å². The molecule has 0 heterocycles. The minimum Gasteiger partial charge on any atom is -0.352 e. The fourth-order valence-corrected chi connectivity index (χ4v) is 3.07.